The second-order valence-corrected chi connectivity index (χ2v) is 7.39. The number of fused-ring (bicyclic) bond motifs is 1. The van der Waals surface area contributed by atoms with Gasteiger partial charge in [0.25, 0.3) is 0 Å². The first-order valence-electron chi connectivity index (χ1n) is 8.86. The molecule has 0 unspecified atom stereocenters. The van der Waals surface area contributed by atoms with Gasteiger partial charge in [-0.3, -0.25) is 4.79 Å². The van der Waals surface area contributed by atoms with Gasteiger partial charge < -0.3 is 5.32 Å². The molecule has 2 aromatic heterocycles. The van der Waals surface area contributed by atoms with Crippen LogP contribution in [0.4, 0.5) is 10.1 Å². The van der Waals surface area contributed by atoms with Gasteiger partial charge in [0, 0.05) is 5.69 Å². The highest BCUT2D eigenvalue weighted by atomic mass is 32.2. The molecule has 7 nitrogen and oxygen atoms in total. The first-order valence-corrected chi connectivity index (χ1v) is 9.85. The van der Waals surface area contributed by atoms with Crippen molar-refractivity contribution < 1.29 is 9.18 Å². The lowest BCUT2D eigenvalue weighted by Crippen LogP contribution is -2.14. The maximum absolute atomic E-state index is 13.1. The molecule has 0 bridgehead atoms. The Morgan fingerprint density at radius 2 is 1.86 bits per heavy atom. The summed E-state index contributed by atoms with van der Waals surface area (Å²) in [7, 11) is 0. The number of halogens is 1. The first kappa shape index (κ1) is 19.0. The number of nitrogens with zero attached hydrogens (tertiary/aromatic N) is 5. The summed E-state index contributed by atoms with van der Waals surface area (Å²) in [5.41, 5.74) is 3.85. The second kappa shape index (κ2) is 8.36. The summed E-state index contributed by atoms with van der Waals surface area (Å²) in [4.78, 5) is 20.7. The van der Waals surface area contributed by atoms with Crippen LogP contribution in [0.1, 0.15) is 11.1 Å². The van der Waals surface area contributed by atoms with Crippen molar-refractivity contribution in [2.75, 3.05) is 11.1 Å². The van der Waals surface area contributed by atoms with Crippen molar-refractivity contribution in [3.63, 3.8) is 0 Å². The molecule has 2 heterocycles. The standard InChI is InChI=1S/C20H17FN6OS/c1-13-2-8-16(9-3-13)24-17(28)11-29-20-18-19(22-12-23-20)27(26-25-18)10-14-4-6-15(21)7-5-14/h2-9,12H,10-11H2,1H3,(H,24,28). The minimum absolute atomic E-state index is 0.135. The van der Waals surface area contributed by atoms with Crippen molar-refractivity contribution in [3.05, 3.63) is 71.8 Å². The number of carbonyl (C=O) groups excluding carboxylic acids is 1. The molecule has 0 saturated heterocycles. The van der Waals surface area contributed by atoms with Crippen LogP contribution in [0.15, 0.2) is 59.9 Å². The number of nitrogens with one attached hydrogen (secondary N) is 1. The zero-order chi connectivity index (χ0) is 20.2. The van der Waals surface area contributed by atoms with Crippen LogP contribution in [0.25, 0.3) is 11.2 Å². The smallest absolute Gasteiger partial charge is 0.234 e. The summed E-state index contributed by atoms with van der Waals surface area (Å²) in [6.07, 6.45) is 1.42. The van der Waals surface area contributed by atoms with E-state index in [0.717, 1.165) is 16.8 Å². The lowest BCUT2D eigenvalue weighted by molar-refractivity contribution is -0.113. The van der Waals surface area contributed by atoms with Gasteiger partial charge in [0.1, 0.15) is 17.2 Å². The summed E-state index contributed by atoms with van der Waals surface area (Å²) in [6, 6.07) is 13.8. The number of thioether (sulfide) groups is 1. The Morgan fingerprint density at radius 3 is 2.62 bits per heavy atom. The third-order valence-electron chi connectivity index (χ3n) is 4.19. The predicted molar refractivity (Wildman–Crippen MR) is 109 cm³/mol. The van der Waals surface area contributed by atoms with Crippen molar-refractivity contribution in [3.8, 4) is 0 Å². The Morgan fingerprint density at radius 1 is 1.10 bits per heavy atom. The van der Waals surface area contributed by atoms with Crippen molar-refractivity contribution >= 4 is 34.5 Å². The molecule has 0 atom stereocenters. The maximum Gasteiger partial charge on any atom is 0.234 e. The van der Waals surface area contributed by atoms with E-state index in [9.17, 15) is 9.18 Å². The molecule has 9 heteroatoms. The lowest BCUT2D eigenvalue weighted by atomic mass is 10.2. The molecular formula is C20H17FN6OS. The third kappa shape index (κ3) is 4.57. The van der Waals surface area contributed by atoms with Crippen LogP contribution >= 0.6 is 11.8 Å². The summed E-state index contributed by atoms with van der Waals surface area (Å²) in [5, 5.41) is 11.7. The van der Waals surface area contributed by atoms with E-state index in [1.54, 1.807) is 16.8 Å². The zero-order valence-electron chi connectivity index (χ0n) is 15.5. The highest BCUT2D eigenvalue weighted by molar-refractivity contribution is 8.00. The summed E-state index contributed by atoms with van der Waals surface area (Å²) < 4.78 is 14.7. The Labute approximate surface area is 170 Å². The van der Waals surface area contributed by atoms with Gasteiger partial charge in [0.15, 0.2) is 11.2 Å². The molecule has 29 heavy (non-hydrogen) atoms. The zero-order valence-corrected chi connectivity index (χ0v) is 16.4. The van der Waals surface area contributed by atoms with Gasteiger partial charge in [-0.2, -0.15) is 0 Å². The van der Waals surface area contributed by atoms with Gasteiger partial charge in [-0.15, -0.1) is 5.10 Å². The molecule has 2 aromatic carbocycles. The summed E-state index contributed by atoms with van der Waals surface area (Å²) >= 11 is 1.27. The first-order chi connectivity index (χ1) is 14.1. The molecule has 146 valence electrons. The topological polar surface area (TPSA) is 85.6 Å². The van der Waals surface area contributed by atoms with Crippen LogP contribution in [0.5, 0.6) is 0 Å². The number of hydrogen-bond donors (Lipinski definition) is 1. The SMILES string of the molecule is Cc1ccc(NC(=O)CSc2ncnc3c2nnn3Cc2ccc(F)cc2)cc1. The van der Waals surface area contributed by atoms with Gasteiger partial charge >= 0.3 is 0 Å². The molecule has 0 aliphatic carbocycles. The molecule has 0 aliphatic heterocycles. The highest BCUT2D eigenvalue weighted by Crippen LogP contribution is 2.23. The van der Waals surface area contributed by atoms with Crippen LogP contribution in [0.2, 0.25) is 0 Å². The van der Waals surface area contributed by atoms with E-state index in [-0.39, 0.29) is 17.5 Å². The van der Waals surface area contributed by atoms with Crippen molar-refractivity contribution in [2.24, 2.45) is 0 Å². The van der Waals surface area contributed by atoms with Gasteiger partial charge in [0.2, 0.25) is 5.91 Å². The van der Waals surface area contributed by atoms with Gasteiger partial charge in [0.05, 0.1) is 12.3 Å². The lowest BCUT2D eigenvalue weighted by Gasteiger charge is -2.05. The summed E-state index contributed by atoms with van der Waals surface area (Å²) in [6.45, 7) is 2.40. The van der Waals surface area contributed by atoms with Crippen molar-refractivity contribution in [2.45, 2.75) is 18.5 Å². The fraction of sp³-hybridized carbons (Fsp3) is 0.150. The van der Waals surface area contributed by atoms with Gasteiger partial charge in [-0.25, -0.2) is 19.0 Å². The molecule has 4 aromatic rings. The van der Waals surface area contributed by atoms with Crippen LogP contribution in [-0.4, -0.2) is 36.6 Å². The maximum atomic E-state index is 13.1. The Kier molecular flexibility index (Phi) is 5.48. The van der Waals surface area contributed by atoms with Crippen molar-refractivity contribution in [1.29, 1.82) is 0 Å². The molecule has 0 spiro atoms. The molecule has 0 fully saturated rings. The minimum Gasteiger partial charge on any atom is -0.325 e. The van der Waals surface area contributed by atoms with E-state index in [1.165, 1.54) is 30.2 Å². The van der Waals surface area contributed by atoms with Gasteiger partial charge in [-0.1, -0.05) is 46.8 Å². The fourth-order valence-corrected chi connectivity index (χ4v) is 3.44. The quantitative estimate of drug-likeness (QED) is 0.389. The van der Waals surface area contributed by atoms with E-state index >= 15 is 0 Å². The third-order valence-corrected chi connectivity index (χ3v) is 5.17. The highest BCUT2D eigenvalue weighted by Gasteiger charge is 2.14. The van der Waals surface area contributed by atoms with E-state index in [2.05, 4.69) is 25.6 Å². The van der Waals surface area contributed by atoms with Crippen LogP contribution in [0, 0.1) is 12.7 Å². The molecule has 0 radical (unpaired) electrons. The Bertz CT molecular complexity index is 1140. The molecular weight excluding hydrogens is 391 g/mol. The second-order valence-electron chi connectivity index (χ2n) is 6.43. The fourth-order valence-electron chi connectivity index (χ4n) is 2.71. The van der Waals surface area contributed by atoms with Gasteiger partial charge in [-0.05, 0) is 36.8 Å². The average molecular weight is 408 g/mol. The van der Waals surface area contributed by atoms with Crippen molar-refractivity contribution in [1.82, 2.24) is 25.0 Å². The number of aryl methyl sites for hydroxylation is 1. The van der Waals surface area contributed by atoms with E-state index in [0.29, 0.717) is 22.7 Å². The molecule has 1 amide bonds. The molecule has 0 aliphatic rings. The van der Waals surface area contributed by atoms with Crippen LogP contribution in [-0.2, 0) is 11.3 Å². The number of anilines is 1. The number of hydrogen-bond acceptors (Lipinski definition) is 6. The monoisotopic (exact) mass is 408 g/mol. The van der Waals surface area contributed by atoms with E-state index in [4.69, 9.17) is 0 Å². The molecule has 4 rings (SSSR count). The number of amides is 1. The number of carbonyl (C=O) groups is 1. The Balaban J connectivity index is 1.45. The molecule has 0 saturated carbocycles. The predicted octanol–water partition coefficient (Wildman–Crippen LogP) is 3.45. The summed E-state index contributed by atoms with van der Waals surface area (Å²) in [5.74, 6) is -0.239. The average Bonchev–Trinajstić information content (AvgIpc) is 3.13. The Hall–Kier alpha value is -3.33. The van der Waals surface area contributed by atoms with Crippen LogP contribution in [0.3, 0.4) is 0 Å². The largest absolute Gasteiger partial charge is 0.325 e. The minimum atomic E-state index is -0.290. The van der Waals surface area contributed by atoms with E-state index in [1.807, 2.05) is 31.2 Å². The number of benzene rings is 2. The van der Waals surface area contributed by atoms with E-state index < -0.39 is 0 Å². The normalized spacial score (nSPS) is 11.0. The molecule has 1 N–H and O–H groups in total. The number of rotatable bonds is 6. The van der Waals surface area contributed by atoms with Crippen LogP contribution < -0.4 is 5.32 Å². The number of aromatic nitrogens is 5.